The summed E-state index contributed by atoms with van der Waals surface area (Å²) in [5.74, 6) is 1.02. The van der Waals surface area contributed by atoms with Crippen molar-refractivity contribution < 1.29 is 9.90 Å². The van der Waals surface area contributed by atoms with Crippen molar-refractivity contribution in [1.82, 2.24) is 9.88 Å². The van der Waals surface area contributed by atoms with Crippen LogP contribution in [0.25, 0.3) is 10.9 Å². The fourth-order valence-corrected chi connectivity index (χ4v) is 4.77. The van der Waals surface area contributed by atoms with Gasteiger partial charge in [-0.3, -0.25) is 0 Å². The lowest BCUT2D eigenvalue weighted by Gasteiger charge is -2.54. The monoisotopic (exact) mass is 373 g/mol. The molecule has 6 heteroatoms. The lowest BCUT2D eigenvalue weighted by atomic mass is 9.60. The number of halogens is 1. The number of carboxylic acid groups (broad SMARTS) is 1. The zero-order valence-electron chi connectivity index (χ0n) is 15.0. The van der Waals surface area contributed by atoms with E-state index in [4.69, 9.17) is 16.6 Å². The van der Waals surface area contributed by atoms with Gasteiger partial charge in [-0.05, 0) is 68.4 Å². The maximum Gasteiger partial charge on any atom is 0.407 e. The Bertz CT molecular complexity index is 825. The van der Waals surface area contributed by atoms with E-state index in [2.05, 4.69) is 17.0 Å². The molecule has 1 saturated heterocycles. The summed E-state index contributed by atoms with van der Waals surface area (Å²) in [6.45, 7) is 4.46. The molecular formula is C20H24ClN3O2. The van der Waals surface area contributed by atoms with Crippen molar-refractivity contribution in [2.75, 3.05) is 24.5 Å². The number of benzene rings is 1. The summed E-state index contributed by atoms with van der Waals surface area (Å²) in [6.07, 6.45) is 3.45. The van der Waals surface area contributed by atoms with Crippen LogP contribution in [-0.2, 0) is 0 Å². The standard InChI is InChI=1S/C20H24ClN3O2/c1-2-24(19(25)26)16-12-20(13-16)7-9-23(10-8-20)18-6-3-14-11-15(21)4-5-17(14)22-18/h3-6,11,16H,2,7-10,12-13H2,1H3,(H,25,26). The Kier molecular flexibility index (Phi) is 4.43. The summed E-state index contributed by atoms with van der Waals surface area (Å²) in [5, 5.41) is 11.1. The molecule has 1 N–H and O–H groups in total. The van der Waals surface area contributed by atoms with Crippen LogP contribution < -0.4 is 4.90 Å². The molecule has 138 valence electrons. The van der Waals surface area contributed by atoms with E-state index in [0.29, 0.717) is 12.0 Å². The number of hydrogen-bond donors (Lipinski definition) is 1. The van der Waals surface area contributed by atoms with Crippen molar-refractivity contribution in [3.05, 3.63) is 35.4 Å². The van der Waals surface area contributed by atoms with Gasteiger partial charge in [-0.2, -0.15) is 0 Å². The highest BCUT2D eigenvalue weighted by molar-refractivity contribution is 6.31. The molecule has 0 unspecified atom stereocenters. The molecule has 5 nitrogen and oxygen atoms in total. The molecule has 4 rings (SSSR count). The average Bonchev–Trinajstić information content (AvgIpc) is 2.61. The van der Waals surface area contributed by atoms with Gasteiger partial charge in [0.25, 0.3) is 0 Å². The van der Waals surface area contributed by atoms with Gasteiger partial charge in [-0.15, -0.1) is 0 Å². The smallest absolute Gasteiger partial charge is 0.407 e. The Morgan fingerprint density at radius 2 is 2.04 bits per heavy atom. The number of hydrogen-bond acceptors (Lipinski definition) is 3. The minimum Gasteiger partial charge on any atom is -0.465 e. The van der Waals surface area contributed by atoms with E-state index in [9.17, 15) is 9.90 Å². The molecule has 1 aromatic heterocycles. The largest absolute Gasteiger partial charge is 0.465 e. The topological polar surface area (TPSA) is 56.7 Å². The quantitative estimate of drug-likeness (QED) is 0.851. The van der Waals surface area contributed by atoms with Crippen molar-refractivity contribution in [1.29, 1.82) is 0 Å². The average molecular weight is 374 g/mol. The van der Waals surface area contributed by atoms with Gasteiger partial charge in [0.2, 0.25) is 0 Å². The van der Waals surface area contributed by atoms with Gasteiger partial charge in [0.15, 0.2) is 0 Å². The molecule has 0 bridgehead atoms. The zero-order valence-corrected chi connectivity index (χ0v) is 15.7. The maximum absolute atomic E-state index is 11.3. The first-order valence-corrected chi connectivity index (χ1v) is 9.68. The molecule has 2 aliphatic rings. The van der Waals surface area contributed by atoms with Gasteiger partial charge in [0.05, 0.1) is 5.52 Å². The lowest BCUT2D eigenvalue weighted by molar-refractivity contribution is -0.00720. The van der Waals surface area contributed by atoms with E-state index in [1.807, 2.05) is 25.1 Å². The Labute approximate surface area is 158 Å². The van der Waals surface area contributed by atoms with Crippen molar-refractivity contribution in [3.63, 3.8) is 0 Å². The van der Waals surface area contributed by atoms with Crippen molar-refractivity contribution in [2.24, 2.45) is 5.41 Å². The van der Waals surface area contributed by atoms with Gasteiger partial charge in [-0.25, -0.2) is 9.78 Å². The van der Waals surface area contributed by atoms with Crippen LogP contribution in [0, 0.1) is 5.41 Å². The van der Waals surface area contributed by atoms with Gasteiger partial charge < -0.3 is 14.9 Å². The van der Waals surface area contributed by atoms with Gasteiger partial charge in [-0.1, -0.05) is 11.6 Å². The molecule has 2 heterocycles. The summed E-state index contributed by atoms with van der Waals surface area (Å²) in [7, 11) is 0. The predicted octanol–water partition coefficient (Wildman–Crippen LogP) is 4.64. The third kappa shape index (κ3) is 3.09. The Morgan fingerprint density at radius 3 is 2.69 bits per heavy atom. The highest BCUT2D eigenvalue weighted by Crippen LogP contribution is 2.51. The zero-order chi connectivity index (χ0) is 18.3. The number of carbonyl (C=O) groups is 1. The molecule has 1 aliphatic heterocycles. The van der Waals surface area contributed by atoms with Crippen LogP contribution >= 0.6 is 11.6 Å². The molecule has 0 atom stereocenters. The van der Waals surface area contributed by atoms with Crippen molar-refractivity contribution >= 4 is 34.4 Å². The highest BCUT2D eigenvalue weighted by atomic mass is 35.5. The van der Waals surface area contributed by atoms with Crippen LogP contribution in [0.4, 0.5) is 10.6 Å². The Hall–Kier alpha value is -2.01. The number of aromatic nitrogens is 1. The van der Waals surface area contributed by atoms with Gasteiger partial charge >= 0.3 is 6.09 Å². The first-order valence-electron chi connectivity index (χ1n) is 9.30. The van der Waals surface area contributed by atoms with Gasteiger partial charge in [0.1, 0.15) is 5.82 Å². The van der Waals surface area contributed by atoms with Crippen LogP contribution in [0.1, 0.15) is 32.6 Å². The first kappa shape index (κ1) is 17.4. The van der Waals surface area contributed by atoms with E-state index in [1.54, 1.807) is 4.90 Å². The fourth-order valence-electron chi connectivity index (χ4n) is 4.59. The number of amides is 1. The number of pyridine rings is 1. The van der Waals surface area contributed by atoms with Crippen LogP contribution in [0.2, 0.25) is 5.02 Å². The van der Waals surface area contributed by atoms with Crippen LogP contribution in [-0.4, -0.2) is 46.8 Å². The lowest BCUT2D eigenvalue weighted by Crippen LogP contribution is -2.56. The minimum absolute atomic E-state index is 0.201. The number of rotatable bonds is 3. The molecule has 1 aliphatic carbocycles. The third-order valence-electron chi connectivity index (χ3n) is 6.15. The first-order chi connectivity index (χ1) is 12.5. The molecule has 1 amide bonds. The molecule has 0 radical (unpaired) electrons. The van der Waals surface area contributed by atoms with Crippen molar-refractivity contribution in [2.45, 2.75) is 38.6 Å². The van der Waals surface area contributed by atoms with E-state index >= 15 is 0 Å². The molecule has 2 aromatic rings. The fraction of sp³-hybridized carbons (Fsp3) is 0.500. The number of anilines is 1. The van der Waals surface area contributed by atoms with Crippen LogP contribution in [0.5, 0.6) is 0 Å². The normalized spacial score (nSPS) is 19.5. The van der Waals surface area contributed by atoms with Gasteiger partial charge in [0, 0.05) is 36.1 Å². The van der Waals surface area contributed by atoms with Crippen LogP contribution in [0.15, 0.2) is 30.3 Å². The van der Waals surface area contributed by atoms with E-state index < -0.39 is 6.09 Å². The molecule has 1 aromatic carbocycles. The summed E-state index contributed by atoms with van der Waals surface area (Å²) in [4.78, 5) is 20.0. The SMILES string of the molecule is CCN(C(=O)O)C1CC2(CCN(c3ccc4cc(Cl)ccc4n3)CC2)C1. The van der Waals surface area contributed by atoms with Crippen molar-refractivity contribution in [3.8, 4) is 0 Å². The number of nitrogens with zero attached hydrogens (tertiary/aromatic N) is 3. The van der Waals surface area contributed by atoms with Crippen LogP contribution in [0.3, 0.4) is 0 Å². The number of piperidine rings is 1. The molecule has 26 heavy (non-hydrogen) atoms. The Morgan fingerprint density at radius 1 is 1.31 bits per heavy atom. The molecular weight excluding hydrogens is 350 g/mol. The van der Waals surface area contributed by atoms with E-state index in [0.717, 1.165) is 60.5 Å². The summed E-state index contributed by atoms with van der Waals surface area (Å²) < 4.78 is 0. The maximum atomic E-state index is 11.3. The summed E-state index contributed by atoms with van der Waals surface area (Å²) in [5.41, 5.74) is 1.30. The summed E-state index contributed by atoms with van der Waals surface area (Å²) in [6, 6.07) is 10.1. The van der Waals surface area contributed by atoms with E-state index in [-0.39, 0.29) is 6.04 Å². The second-order valence-electron chi connectivity index (χ2n) is 7.62. The molecule has 1 saturated carbocycles. The second-order valence-corrected chi connectivity index (χ2v) is 8.06. The highest BCUT2D eigenvalue weighted by Gasteiger charge is 2.48. The van der Waals surface area contributed by atoms with E-state index in [1.165, 1.54) is 0 Å². The summed E-state index contributed by atoms with van der Waals surface area (Å²) >= 11 is 6.05. The second kappa shape index (κ2) is 6.62. The molecule has 1 spiro atoms. The Balaban J connectivity index is 1.40. The molecule has 2 fully saturated rings. The number of fused-ring (bicyclic) bond motifs is 1. The predicted molar refractivity (Wildman–Crippen MR) is 104 cm³/mol. The minimum atomic E-state index is -0.787. The third-order valence-corrected chi connectivity index (χ3v) is 6.38.